The van der Waals surface area contributed by atoms with Crippen molar-refractivity contribution in [1.82, 2.24) is 0 Å². The van der Waals surface area contributed by atoms with Crippen LogP contribution in [0.15, 0.2) is 12.1 Å². The number of benzene rings is 1. The van der Waals surface area contributed by atoms with Crippen LogP contribution < -0.4 is 11.1 Å². The molecule has 0 unspecified atom stereocenters. The van der Waals surface area contributed by atoms with Crippen molar-refractivity contribution < 1.29 is 13.5 Å². The molecule has 0 heterocycles. The molecule has 0 amide bonds. The number of ether oxygens (including phenoxy) is 1. The van der Waals surface area contributed by atoms with E-state index in [1.807, 2.05) is 0 Å². The Morgan fingerprint density at radius 2 is 1.95 bits per heavy atom. The van der Waals surface area contributed by atoms with Gasteiger partial charge in [0.1, 0.15) is 5.82 Å². The Morgan fingerprint density at radius 1 is 1.21 bits per heavy atom. The molecule has 1 saturated carbocycles. The number of nitrogen functional groups attached to an aromatic ring is 1. The first kappa shape index (κ1) is 14.1. The van der Waals surface area contributed by atoms with Crippen molar-refractivity contribution in [3.63, 3.8) is 0 Å². The van der Waals surface area contributed by atoms with Crippen LogP contribution in [0.4, 0.5) is 20.2 Å². The summed E-state index contributed by atoms with van der Waals surface area (Å²) in [6.07, 6.45) is 6.28. The average molecular weight is 270 g/mol. The van der Waals surface area contributed by atoms with Crippen LogP contribution in [0.3, 0.4) is 0 Å². The summed E-state index contributed by atoms with van der Waals surface area (Å²) in [6, 6.07) is 1.97. The van der Waals surface area contributed by atoms with Crippen LogP contribution in [0.2, 0.25) is 0 Å². The minimum atomic E-state index is -0.740. The third-order valence-corrected chi connectivity index (χ3v) is 3.42. The van der Waals surface area contributed by atoms with Crippen molar-refractivity contribution in [2.24, 2.45) is 0 Å². The van der Waals surface area contributed by atoms with Crippen LogP contribution in [0, 0.1) is 11.6 Å². The van der Waals surface area contributed by atoms with E-state index in [9.17, 15) is 8.78 Å². The largest absolute Gasteiger partial charge is 0.395 e. The molecule has 0 atom stereocenters. The first-order valence-electron chi connectivity index (χ1n) is 6.77. The standard InChI is InChI=1S/C14H20F2N2O/c15-10-8-12(16)14(17)13(9-10)18-6-7-19-11-4-2-1-3-5-11/h8-9,11,18H,1-7,17H2. The van der Waals surface area contributed by atoms with Crippen LogP contribution >= 0.6 is 0 Å². The summed E-state index contributed by atoms with van der Waals surface area (Å²) >= 11 is 0. The van der Waals surface area contributed by atoms with E-state index < -0.39 is 11.6 Å². The van der Waals surface area contributed by atoms with Crippen LogP contribution in [-0.2, 0) is 4.74 Å². The molecular formula is C14H20F2N2O. The lowest BCUT2D eigenvalue weighted by atomic mass is 9.98. The second kappa shape index (κ2) is 6.70. The number of hydrogen-bond acceptors (Lipinski definition) is 3. The van der Waals surface area contributed by atoms with Crippen molar-refractivity contribution in [3.8, 4) is 0 Å². The van der Waals surface area contributed by atoms with Gasteiger partial charge in [0, 0.05) is 12.6 Å². The van der Waals surface area contributed by atoms with Gasteiger partial charge in [-0.05, 0) is 18.9 Å². The Labute approximate surface area is 112 Å². The van der Waals surface area contributed by atoms with Crippen molar-refractivity contribution in [2.45, 2.75) is 38.2 Å². The fraction of sp³-hybridized carbons (Fsp3) is 0.571. The molecule has 0 saturated heterocycles. The second-order valence-corrected chi connectivity index (χ2v) is 4.91. The van der Waals surface area contributed by atoms with E-state index >= 15 is 0 Å². The van der Waals surface area contributed by atoms with Gasteiger partial charge in [0.05, 0.1) is 24.1 Å². The lowest BCUT2D eigenvalue weighted by molar-refractivity contribution is 0.0347. The molecule has 3 N–H and O–H groups in total. The molecule has 0 bridgehead atoms. The summed E-state index contributed by atoms with van der Waals surface area (Å²) in [4.78, 5) is 0. The molecule has 5 heteroatoms. The van der Waals surface area contributed by atoms with Crippen LogP contribution in [0.1, 0.15) is 32.1 Å². The maximum Gasteiger partial charge on any atom is 0.151 e. The maximum atomic E-state index is 13.2. The fourth-order valence-electron chi connectivity index (χ4n) is 2.37. The molecular weight excluding hydrogens is 250 g/mol. The van der Waals surface area contributed by atoms with E-state index in [0.29, 0.717) is 19.3 Å². The van der Waals surface area contributed by atoms with Gasteiger partial charge in [0.25, 0.3) is 0 Å². The quantitative estimate of drug-likeness (QED) is 0.637. The monoisotopic (exact) mass is 270 g/mol. The number of halogens is 2. The molecule has 1 aliphatic rings. The number of hydrogen-bond donors (Lipinski definition) is 2. The van der Waals surface area contributed by atoms with Gasteiger partial charge in [-0.1, -0.05) is 19.3 Å². The minimum absolute atomic E-state index is 0.0564. The predicted octanol–water partition coefficient (Wildman–Crippen LogP) is 3.31. The molecule has 0 spiro atoms. The molecule has 0 aromatic heterocycles. The molecule has 1 aliphatic carbocycles. The normalized spacial score (nSPS) is 16.5. The topological polar surface area (TPSA) is 47.3 Å². The Bertz CT molecular complexity index is 420. The average Bonchev–Trinajstić information content (AvgIpc) is 2.41. The van der Waals surface area contributed by atoms with E-state index in [1.165, 1.54) is 25.3 Å². The van der Waals surface area contributed by atoms with E-state index in [4.69, 9.17) is 10.5 Å². The molecule has 0 aliphatic heterocycles. The zero-order chi connectivity index (χ0) is 13.7. The Kier molecular flexibility index (Phi) is 4.96. The van der Waals surface area contributed by atoms with Crippen LogP contribution in [0.5, 0.6) is 0 Å². The van der Waals surface area contributed by atoms with E-state index in [0.717, 1.165) is 18.9 Å². The summed E-state index contributed by atoms with van der Waals surface area (Å²) in [5.41, 5.74) is 5.76. The highest BCUT2D eigenvalue weighted by molar-refractivity contribution is 5.66. The smallest absolute Gasteiger partial charge is 0.151 e. The van der Waals surface area contributed by atoms with E-state index in [1.54, 1.807) is 0 Å². The molecule has 1 fully saturated rings. The number of rotatable bonds is 5. The lowest BCUT2D eigenvalue weighted by Gasteiger charge is -2.22. The van der Waals surface area contributed by atoms with E-state index in [-0.39, 0.29) is 11.4 Å². The maximum absolute atomic E-state index is 13.2. The van der Waals surface area contributed by atoms with Gasteiger partial charge in [0.2, 0.25) is 0 Å². The minimum Gasteiger partial charge on any atom is -0.395 e. The lowest BCUT2D eigenvalue weighted by Crippen LogP contribution is -2.20. The molecule has 0 radical (unpaired) electrons. The zero-order valence-electron chi connectivity index (χ0n) is 10.9. The summed E-state index contributed by atoms with van der Waals surface area (Å²) in [5, 5.41) is 2.90. The predicted molar refractivity (Wildman–Crippen MR) is 72.1 cm³/mol. The van der Waals surface area contributed by atoms with Gasteiger partial charge in [0.15, 0.2) is 5.82 Å². The van der Waals surface area contributed by atoms with Crippen LogP contribution in [-0.4, -0.2) is 19.3 Å². The van der Waals surface area contributed by atoms with Gasteiger partial charge in [-0.2, -0.15) is 0 Å². The van der Waals surface area contributed by atoms with Crippen molar-refractivity contribution in [2.75, 3.05) is 24.2 Å². The Balaban J connectivity index is 1.76. The third kappa shape index (κ3) is 4.06. The van der Waals surface area contributed by atoms with E-state index in [2.05, 4.69) is 5.32 Å². The highest BCUT2D eigenvalue weighted by atomic mass is 19.1. The summed E-state index contributed by atoms with van der Waals surface area (Å²) < 4.78 is 32.0. The molecule has 3 nitrogen and oxygen atoms in total. The fourth-order valence-corrected chi connectivity index (χ4v) is 2.37. The molecule has 1 aromatic carbocycles. The molecule has 2 rings (SSSR count). The number of nitrogens with one attached hydrogen (secondary N) is 1. The SMILES string of the molecule is Nc1c(F)cc(F)cc1NCCOC1CCCCC1. The third-order valence-electron chi connectivity index (χ3n) is 3.42. The highest BCUT2D eigenvalue weighted by Crippen LogP contribution is 2.23. The first-order valence-corrected chi connectivity index (χ1v) is 6.77. The molecule has 19 heavy (non-hydrogen) atoms. The molecule has 106 valence electrons. The van der Waals surface area contributed by atoms with Gasteiger partial charge in [-0.25, -0.2) is 8.78 Å². The van der Waals surface area contributed by atoms with Gasteiger partial charge < -0.3 is 15.8 Å². The molecule has 1 aromatic rings. The Hall–Kier alpha value is -1.36. The Morgan fingerprint density at radius 3 is 2.68 bits per heavy atom. The number of anilines is 2. The van der Waals surface area contributed by atoms with Crippen molar-refractivity contribution in [3.05, 3.63) is 23.8 Å². The van der Waals surface area contributed by atoms with Crippen molar-refractivity contribution in [1.29, 1.82) is 0 Å². The van der Waals surface area contributed by atoms with Crippen LogP contribution in [0.25, 0.3) is 0 Å². The summed E-state index contributed by atoms with van der Waals surface area (Å²) in [7, 11) is 0. The van der Waals surface area contributed by atoms with Gasteiger partial charge >= 0.3 is 0 Å². The highest BCUT2D eigenvalue weighted by Gasteiger charge is 2.13. The zero-order valence-corrected chi connectivity index (χ0v) is 10.9. The second-order valence-electron chi connectivity index (χ2n) is 4.91. The van der Waals surface area contributed by atoms with Gasteiger partial charge in [-0.15, -0.1) is 0 Å². The first-order chi connectivity index (χ1) is 9.16. The summed E-state index contributed by atoms with van der Waals surface area (Å²) in [6.45, 7) is 1.01. The summed E-state index contributed by atoms with van der Waals surface area (Å²) in [5.74, 6) is -1.38. The van der Waals surface area contributed by atoms with Crippen molar-refractivity contribution >= 4 is 11.4 Å². The number of nitrogens with two attached hydrogens (primary N) is 1. The van der Waals surface area contributed by atoms with Gasteiger partial charge in [-0.3, -0.25) is 0 Å².